The molecule has 1 rings (SSSR count). The van der Waals surface area contributed by atoms with Crippen molar-refractivity contribution in [3.63, 3.8) is 0 Å². The Morgan fingerprint density at radius 1 is 1.43 bits per heavy atom. The molecule has 0 unspecified atom stereocenters. The molecule has 0 amide bonds. The highest BCUT2D eigenvalue weighted by molar-refractivity contribution is 5.93. The van der Waals surface area contributed by atoms with Gasteiger partial charge in [-0.1, -0.05) is 32.1 Å². The minimum absolute atomic E-state index is 0.0184. The number of ketones is 1. The molecule has 0 radical (unpaired) electrons. The van der Waals surface area contributed by atoms with Gasteiger partial charge in [0, 0.05) is 6.42 Å². The first-order valence-corrected chi connectivity index (χ1v) is 5.02. The van der Waals surface area contributed by atoms with Crippen molar-refractivity contribution in [2.45, 2.75) is 34.1 Å². The van der Waals surface area contributed by atoms with Crippen molar-refractivity contribution in [2.24, 2.45) is 5.41 Å². The van der Waals surface area contributed by atoms with Crippen LogP contribution in [0.25, 0.3) is 0 Å². The molecular formula is C13H18O. The van der Waals surface area contributed by atoms with Crippen LogP contribution in [0.15, 0.2) is 35.5 Å². The van der Waals surface area contributed by atoms with E-state index in [4.69, 9.17) is 0 Å². The molecule has 0 aromatic heterocycles. The normalized spacial score (nSPS) is 24.4. The van der Waals surface area contributed by atoms with E-state index in [1.165, 1.54) is 5.57 Å². The molecular weight excluding hydrogens is 172 g/mol. The summed E-state index contributed by atoms with van der Waals surface area (Å²) in [5.41, 5.74) is 2.36. The summed E-state index contributed by atoms with van der Waals surface area (Å²) in [5.74, 6) is 0.241. The Morgan fingerprint density at radius 2 is 2.07 bits per heavy atom. The Kier molecular flexibility index (Phi) is 3.10. The molecule has 1 aliphatic rings. The molecule has 76 valence electrons. The first-order chi connectivity index (χ1) is 6.47. The molecule has 1 nitrogen and oxygen atoms in total. The fourth-order valence-electron chi connectivity index (χ4n) is 1.98. The van der Waals surface area contributed by atoms with E-state index < -0.39 is 0 Å². The molecule has 0 bridgehead atoms. The fraction of sp³-hybridized carbons (Fsp3) is 0.462. The summed E-state index contributed by atoms with van der Waals surface area (Å²) in [7, 11) is 0. The lowest BCUT2D eigenvalue weighted by molar-refractivity contribution is -0.116. The van der Waals surface area contributed by atoms with E-state index in [1.807, 2.05) is 26.0 Å². The van der Waals surface area contributed by atoms with Crippen molar-refractivity contribution in [2.75, 3.05) is 0 Å². The van der Waals surface area contributed by atoms with Gasteiger partial charge in [0.05, 0.1) is 0 Å². The SMILES string of the molecule is C/C=C/C=C1\C(C)=CC(=O)CC1(C)C. The molecule has 14 heavy (non-hydrogen) atoms. The highest BCUT2D eigenvalue weighted by Crippen LogP contribution is 2.38. The van der Waals surface area contributed by atoms with Crippen LogP contribution in [0, 0.1) is 5.41 Å². The monoisotopic (exact) mass is 190 g/mol. The maximum absolute atomic E-state index is 11.4. The summed E-state index contributed by atoms with van der Waals surface area (Å²) in [6.07, 6.45) is 8.52. The zero-order chi connectivity index (χ0) is 10.8. The predicted molar refractivity (Wildman–Crippen MR) is 60.1 cm³/mol. The maximum atomic E-state index is 11.4. The molecule has 1 aliphatic carbocycles. The van der Waals surface area contributed by atoms with Crippen LogP contribution in [-0.2, 0) is 4.79 Å². The van der Waals surface area contributed by atoms with E-state index in [9.17, 15) is 4.79 Å². The second-order valence-corrected chi connectivity index (χ2v) is 4.46. The number of carbonyl (C=O) groups excluding carboxylic acids is 1. The lowest BCUT2D eigenvalue weighted by Gasteiger charge is -2.31. The minimum Gasteiger partial charge on any atom is -0.295 e. The lowest BCUT2D eigenvalue weighted by atomic mass is 9.72. The number of rotatable bonds is 1. The van der Waals surface area contributed by atoms with Gasteiger partial charge in [-0.05, 0) is 36.5 Å². The summed E-state index contributed by atoms with van der Waals surface area (Å²) in [5, 5.41) is 0. The molecule has 0 atom stereocenters. The molecule has 0 heterocycles. The van der Waals surface area contributed by atoms with E-state index in [-0.39, 0.29) is 11.2 Å². The van der Waals surface area contributed by atoms with Crippen LogP contribution in [0.1, 0.15) is 34.1 Å². The first kappa shape index (κ1) is 11.0. The molecule has 0 fully saturated rings. The van der Waals surface area contributed by atoms with Crippen molar-refractivity contribution >= 4 is 5.78 Å². The summed E-state index contributed by atoms with van der Waals surface area (Å²) >= 11 is 0. The average Bonchev–Trinajstić information content (AvgIpc) is 2.00. The Morgan fingerprint density at radius 3 is 2.57 bits per heavy atom. The molecule has 0 saturated heterocycles. The van der Waals surface area contributed by atoms with Crippen LogP contribution in [0.3, 0.4) is 0 Å². The second-order valence-electron chi connectivity index (χ2n) is 4.46. The Balaban J connectivity index is 3.13. The zero-order valence-electron chi connectivity index (χ0n) is 9.42. The summed E-state index contributed by atoms with van der Waals surface area (Å²) < 4.78 is 0. The summed E-state index contributed by atoms with van der Waals surface area (Å²) in [4.78, 5) is 11.4. The van der Waals surface area contributed by atoms with Gasteiger partial charge < -0.3 is 0 Å². The molecule has 0 N–H and O–H groups in total. The summed E-state index contributed by atoms with van der Waals surface area (Å²) in [6.45, 7) is 8.25. The standard InChI is InChI=1S/C13H18O/c1-5-6-7-12-10(2)8-11(14)9-13(12,3)4/h5-8H,9H2,1-4H3/b6-5+,12-7+. The molecule has 0 spiro atoms. The maximum Gasteiger partial charge on any atom is 0.156 e. The number of hydrogen-bond acceptors (Lipinski definition) is 1. The number of allylic oxidation sites excluding steroid dienone is 6. The largest absolute Gasteiger partial charge is 0.295 e. The van der Waals surface area contributed by atoms with E-state index in [0.717, 1.165) is 5.57 Å². The summed E-state index contributed by atoms with van der Waals surface area (Å²) in [6, 6.07) is 0. The van der Waals surface area contributed by atoms with Crippen molar-refractivity contribution < 1.29 is 4.79 Å². The highest BCUT2D eigenvalue weighted by Gasteiger charge is 2.30. The second kappa shape index (κ2) is 3.95. The quantitative estimate of drug-likeness (QED) is 0.619. The van der Waals surface area contributed by atoms with Gasteiger partial charge in [0.1, 0.15) is 0 Å². The molecule has 0 aliphatic heterocycles. The van der Waals surface area contributed by atoms with Crippen LogP contribution < -0.4 is 0 Å². The van der Waals surface area contributed by atoms with Crippen molar-refractivity contribution in [1.82, 2.24) is 0 Å². The molecule has 1 heteroatoms. The third-order valence-corrected chi connectivity index (χ3v) is 2.60. The van der Waals surface area contributed by atoms with Gasteiger partial charge >= 0.3 is 0 Å². The highest BCUT2D eigenvalue weighted by atomic mass is 16.1. The topological polar surface area (TPSA) is 17.1 Å². The minimum atomic E-state index is -0.0184. The van der Waals surface area contributed by atoms with Gasteiger partial charge in [-0.15, -0.1) is 0 Å². The van der Waals surface area contributed by atoms with Crippen LogP contribution in [0.2, 0.25) is 0 Å². The van der Waals surface area contributed by atoms with E-state index in [0.29, 0.717) is 6.42 Å². The Hall–Kier alpha value is -1.11. The van der Waals surface area contributed by atoms with Crippen LogP contribution >= 0.6 is 0 Å². The van der Waals surface area contributed by atoms with Gasteiger partial charge in [-0.25, -0.2) is 0 Å². The van der Waals surface area contributed by atoms with Crippen LogP contribution in [0.4, 0.5) is 0 Å². The average molecular weight is 190 g/mol. The predicted octanol–water partition coefficient (Wildman–Crippen LogP) is 3.43. The smallest absolute Gasteiger partial charge is 0.156 e. The van der Waals surface area contributed by atoms with Crippen LogP contribution in [0.5, 0.6) is 0 Å². The third-order valence-electron chi connectivity index (χ3n) is 2.60. The molecule has 0 aromatic rings. The Bertz CT molecular complexity index is 327. The fourth-order valence-corrected chi connectivity index (χ4v) is 1.98. The van der Waals surface area contributed by atoms with Gasteiger partial charge in [0.15, 0.2) is 5.78 Å². The molecule has 0 saturated carbocycles. The molecule has 0 aromatic carbocycles. The number of hydrogen-bond donors (Lipinski definition) is 0. The third kappa shape index (κ3) is 2.22. The van der Waals surface area contributed by atoms with Crippen molar-refractivity contribution in [1.29, 1.82) is 0 Å². The zero-order valence-corrected chi connectivity index (χ0v) is 9.42. The van der Waals surface area contributed by atoms with Gasteiger partial charge in [-0.3, -0.25) is 4.79 Å². The van der Waals surface area contributed by atoms with Gasteiger partial charge in [0.2, 0.25) is 0 Å². The first-order valence-electron chi connectivity index (χ1n) is 5.02. The van der Waals surface area contributed by atoms with Crippen molar-refractivity contribution in [3.05, 3.63) is 35.5 Å². The Labute approximate surface area is 86.2 Å². The number of carbonyl (C=O) groups is 1. The van der Waals surface area contributed by atoms with E-state index in [2.05, 4.69) is 19.9 Å². The van der Waals surface area contributed by atoms with Gasteiger partial charge in [0.25, 0.3) is 0 Å². The van der Waals surface area contributed by atoms with Crippen LogP contribution in [-0.4, -0.2) is 5.78 Å². The van der Waals surface area contributed by atoms with Gasteiger partial charge in [-0.2, -0.15) is 0 Å². The van der Waals surface area contributed by atoms with Crippen molar-refractivity contribution in [3.8, 4) is 0 Å². The lowest BCUT2D eigenvalue weighted by Crippen LogP contribution is -2.24. The van der Waals surface area contributed by atoms with E-state index >= 15 is 0 Å². The van der Waals surface area contributed by atoms with E-state index in [1.54, 1.807) is 6.08 Å².